The lowest BCUT2D eigenvalue weighted by Gasteiger charge is -2.30. The maximum Gasteiger partial charge on any atom is 0.407 e. The summed E-state index contributed by atoms with van der Waals surface area (Å²) in [6.07, 6.45) is 3.38. The molecule has 0 radical (unpaired) electrons. The summed E-state index contributed by atoms with van der Waals surface area (Å²) in [5, 5.41) is 5.35. The third kappa shape index (κ3) is 9.24. The lowest BCUT2D eigenvalue weighted by atomic mass is 9.90. The molecule has 1 aromatic heterocycles. The van der Waals surface area contributed by atoms with E-state index in [4.69, 9.17) is 31.1 Å². The van der Waals surface area contributed by atoms with Gasteiger partial charge in [0.15, 0.2) is 0 Å². The van der Waals surface area contributed by atoms with Crippen molar-refractivity contribution in [3.63, 3.8) is 0 Å². The summed E-state index contributed by atoms with van der Waals surface area (Å²) < 4.78 is 9.70. The molecule has 4 aromatic rings. The first-order chi connectivity index (χ1) is 29.1. The van der Waals surface area contributed by atoms with Gasteiger partial charge in [0.2, 0.25) is 11.8 Å². The molecule has 2 fully saturated rings. The second-order valence-corrected chi connectivity index (χ2v) is 18.1. The molecular formula is C48H57ClN6O6. The average molecular weight is 849 g/mol. The number of aromatic amines is 1. The van der Waals surface area contributed by atoms with E-state index in [1.165, 1.54) is 14.2 Å². The van der Waals surface area contributed by atoms with Crippen LogP contribution >= 0.6 is 11.6 Å². The van der Waals surface area contributed by atoms with Crippen LogP contribution < -0.4 is 5.32 Å². The maximum atomic E-state index is 13.9. The van der Waals surface area contributed by atoms with Crippen molar-refractivity contribution in [2.45, 2.75) is 85.4 Å². The number of ether oxygens (including phenoxy) is 2. The molecule has 13 heteroatoms. The van der Waals surface area contributed by atoms with Crippen LogP contribution in [0.25, 0.3) is 38.7 Å². The van der Waals surface area contributed by atoms with Crippen molar-refractivity contribution in [1.82, 2.24) is 25.1 Å². The van der Waals surface area contributed by atoms with Gasteiger partial charge in [0.1, 0.15) is 17.0 Å². The summed E-state index contributed by atoms with van der Waals surface area (Å²) in [6.45, 7) is 13.2. The van der Waals surface area contributed by atoms with Gasteiger partial charge in [-0.2, -0.15) is 0 Å². The van der Waals surface area contributed by atoms with E-state index >= 15 is 0 Å². The molecule has 3 aliphatic rings. The van der Waals surface area contributed by atoms with Crippen LogP contribution in [0, 0.1) is 29.6 Å². The van der Waals surface area contributed by atoms with E-state index in [1.807, 2.05) is 43.7 Å². The second-order valence-electron chi connectivity index (χ2n) is 17.8. The minimum atomic E-state index is -0.702. The Labute approximate surface area is 363 Å². The molecule has 322 valence electrons. The quantitative estimate of drug-likeness (QED) is 0.107. The minimum absolute atomic E-state index is 0.0113. The van der Waals surface area contributed by atoms with E-state index in [9.17, 15) is 19.2 Å². The lowest BCUT2D eigenvalue weighted by molar-refractivity contribution is -0.148. The van der Waals surface area contributed by atoms with Gasteiger partial charge < -0.3 is 29.6 Å². The number of aliphatic imine (C=N–C) groups is 1. The number of nitrogens with zero attached hydrogens (tertiary/aromatic N) is 4. The Bertz CT molecular complexity index is 2370. The van der Waals surface area contributed by atoms with Crippen molar-refractivity contribution in [3.05, 3.63) is 83.4 Å². The fourth-order valence-corrected chi connectivity index (χ4v) is 9.41. The SMILES string of the molecule is COC(=O)C[C@H](C(=O)N1C[C@@H](C)C[C@H]1C1=NC(Cl)=C(c2ccc(-c3ccc4cc(-c5cnc([C@@H]6C[C@H](C)CN6C(=O)[C@@H](NC(=O)OC)C(C)C)[nH]5)ccc4c3)cc2)C1)C(C)C. The Balaban J connectivity index is 1.03. The Morgan fingerprint density at radius 2 is 1.38 bits per heavy atom. The topological polar surface area (TPSA) is 146 Å². The largest absolute Gasteiger partial charge is 0.469 e. The van der Waals surface area contributed by atoms with E-state index in [-0.39, 0.29) is 54.0 Å². The predicted molar refractivity (Wildman–Crippen MR) is 238 cm³/mol. The van der Waals surface area contributed by atoms with Gasteiger partial charge in [-0.15, -0.1) is 0 Å². The summed E-state index contributed by atoms with van der Waals surface area (Å²) >= 11 is 6.82. The van der Waals surface area contributed by atoms with Gasteiger partial charge in [-0.3, -0.25) is 14.4 Å². The molecule has 4 heterocycles. The molecule has 0 aliphatic carbocycles. The fourth-order valence-electron chi connectivity index (χ4n) is 9.13. The van der Waals surface area contributed by atoms with Crippen molar-refractivity contribution in [1.29, 1.82) is 0 Å². The first-order valence-electron chi connectivity index (χ1n) is 21.3. The monoisotopic (exact) mass is 848 g/mol. The molecule has 6 atom stereocenters. The van der Waals surface area contributed by atoms with E-state index in [0.29, 0.717) is 30.6 Å². The van der Waals surface area contributed by atoms with E-state index in [1.54, 1.807) is 0 Å². The summed E-state index contributed by atoms with van der Waals surface area (Å²) in [5.74, 6) is 0.164. The lowest BCUT2D eigenvalue weighted by Crippen LogP contribution is -2.51. The summed E-state index contributed by atoms with van der Waals surface area (Å²) in [4.78, 5) is 68.6. The van der Waals surface area contributed by atoms with Gasteiger partial charge in [-0.1, -0.05) is 102 Å². The van der Waals surface area contributed by atoms with Crippen LogP contribution in [-0.4, -0.2) is 88.7 Å². The molecule has 3 aliphatic heterocycles. The van der Waals surface area contributed by atoms with Crippen LogP contribution in [0.2, 0.25) is 0 Å². The number of esters is 1. The molecule has 0 unspecified atom stereocenters. The van der Waals surface area contributed by atoms with Crippen LogP contribution in [0.15, 0.2) is 77.0 Å². The van der Waals surface area contributed by atoms with Crippen LogP contribution in [-0.2, 0) is 23.9 Å². The van der Waals surface area contributed by atoms with Gasteiger partial charge in [-0.25, -0.2) is 14.8 Å². The second kappa shape index (κ2) is 18.2. The normalized spacial score (nSPS) is 21.3. The zero-order valence-electron chi connectivity index (χ0n) is 36.3. The summed E-state index contributed by atoms with van der Waals surface area (Å²) in [7, 11) is 2.65. The van der Waals surface area contributed by atoms with Gasteiger partial charge >= 0.3 is 12.1 Å². The molecule has 0 saturated carbocycles. The van der Waals surface area contributed by atoms with Crippen molar-refractivity contribution in [3.8, 4) is 22.4 Å². The molecule has 2 N–H and O–H groups in total. The number of fused-ring (bicyclic) bond motifs is 1. The molecule has 2 saturated heterocycles. The molecule has 12 nitrogen and oxygen atoms in total. The number of hydrogen-bond acceptors (Lipinski definition) is 8. The smallest absolute Gasteiger partial charge is 0.407 e. The number of halogens is 1. The third-order valence-corrected chi connectivity index (χ3v) is 12.9. The fraction of sp³-hybridized carbons (Fsp3) is 0.458. The van der Waals surface area contributed by atoms with Crippen molar-refractivity contribution in [2.75, 3.05) is 27.3 Å². The molecule has 3 aromatic carbocycles. The van der Waals surface area contributed by atoms with Gasteiger partial charge in [0.25, 0.3) is 0 Å². The highest BCUT2D eigenvalue weighted by Gasteiger charge is 2.42. The van der Waals surface area contributed by atoms with Crippen LogP contribution in [0.4, 0.5) is 4.79 Å². The molecule has 0 bridgehead atoms. The van der Waals surface area contributed by atoms with E-state index in [0.717, 1.165) is 68.7 Å². The zero-order chi connectivity index (χ0) is 43.7. The predicted octanol–water partition coefficient (Wildman–Crippen LogP) is 9.01. The maximum absolute atomic E-state index is 13.9. The Hall–Kier alpha value is -5.49. The Morgan fingerprint density at radius 3 is 2.00 bits per heavy atom. The molecular weight excluding hydrogens is 792 g/mol. The number of hydrogen-bond donors (Lipinski definition) is 2. The van der Waals surface area contributed by atoms with Gasteiger partial charge in [-0.05, 0) is 76.1 Å². The van der Waals surface area contributed by atoms with E-state index in [2.05, 4.69) is 84.8 Å². The standard InChI is InChI=1S/C48H57ClN6O6/c1-26(2)36(22-42(56)60-7)46(57)54-24-28(5)17-40(54)38-21-37(44(49)51-38)31-11-9-30(10-12-31)32-13-14-34-20-35(16-15-33(34)19-32)39-23-50-45(52-39)41-18-29(6)25-55(41)47(58)43(27(3)4)53-48(59)61-8/h9-16,19-20,23,26-29,36,40-41,43H,17-18,21-22,24-25H2,1-8H3,(H,50,52)(H,53,59)/t28-,29-,36-,40-,41-,43-/m0/s1. The number of rotatable bonds is 12. The Kier molecular flexibility index (Phi) is 13.0. The van der Waals surface area contributed by atoms with Crippen molar-refractivity contribution in [2.24, 2.45) is 34.6 Å². The highest BCUT2D eigenvalue weighted by molar-refractivity contribution is 6.35. The number of methoxy groups -OCH3 is 2. The first-order valence-corrected chi connectivity index (χ1v) is 21.7. The number of H-pyrrole nitrogens is 1. The number of likely N-dealkylation sites (tertiary alicyclic amines) is 2. The molecule has 3 amide bonds. The minimum Gasteiger partial charge on any atom is -0.469 e. The molecule has 0 spiro atoms. The zero-order valence-corrected chi connectivity index (χ0v) is 37.1. The van der Waals surface area contributed by atoms with Crippen LogP contribution in [0.1, 0.15) is 84.7 Å². The van der Waals surface area contributed by atoms with Gasteiger partial charge in [0, 0.05) is 36.4 Å². The van der Waals surface area contributed by atoms with Gasteiger partial charge in [0.05, 0.1) is 50.5 Å². The number of imidazole rings is 1. The van der Waals surface area contributed by atoms with Crippen molar-refractivity contribution < 1.29 is 28.7 Å². The molecule has 61 heavy (non-hydrogen) atoms. The average Bonchev–Trinajstić information content (AvgIpc) is 4.06. The third-order valence-electron chi connectivity index (χ3n) is 12.6. The number of benzene rings is 3. The first kappa shape index (κ1) is 43.6. The van der Waals surface area contributed by atoms with Crippen LogP contribution in [0.3, 0.4) is 0 Å². The number of aromatic nitrogens is 2. The number of nitrogens with one attached hydrogen (secondary N) is 2. The van der Waals surface area contributed by atoms with Crippen LogP contribution in [0.5, 0.6) is 0 Å². The molecule has 7 rings (SSSR count). The highest BCUT2D eigenvalue weighted by atomic mass is 35.5. The number of carbonyl (C=O) groups excluding carboxylic acids is 4. The summed E-state index contributed by atoms with van der Waals surface area (Å²) in [5.41, 5.74) is 6.83. The number of allylic oxidation sites excluding steroid dienone is 1. The van der Waals surface area contributed by atoms with Crippen molar-refractivity contribution >= 4 is 57.5 Å². The number of carbonyl (C=O) groups is 4. The number of alkyl carbamates (subject to hydrolysis) is 1. The number of amides is 3. The van der Waals surface area contributed by atoms with E-state index < -0.39 is 18.1 Å². The summed E-state index contributed by atoms with van der Waals surface area (Å²) in [6, 6.07) is 20.0. The highest BCUT2D eigenvalue weighted by Crippen LogP contribution is 2.39. The Morgan fingerprint density at radius 1 is 0.787 bits per heavy atom.